The molecule has 0 aliphatic rings. The van der Waals surface area contributed by atoms with Crippen LogP contribution in [0.3, 0.4) is 0 Å². The summed E-state index contributed by atoms with van der Waals surface area (Å²) in [6, 6.07) is 5.20. The largest absolute Gasteiger partial charge is 0.452 e. The number of hydrogen-bond donors (Lipinski definition) is 3. The number of urea groups is 1. The number of imide groups is 1. The minimum absolute atomic E-state index is 0.0308. The van der Waals surface area contributed by atoms with E-state index in [0.717, 1.165) is 0 Å². The fourth-order valence-electron chi connectivity index (χ4n) is 1.58. The molecule has 3 N–H and O–H groups in total. The normalized spacial score (nSPS) is 12.1. The Hall–Kier alpha value is -1.98. The van der Waals surface area contributed by atoms with E-state index in [-0.39, 0.29) is 4.90 Å². The van der Waals surface area contributed by atoms with Gasteiger partial charge in [-0.2, -0.15) is 4.72 Å². The van der Waals surface area contributed by atoms with Crippen LogP contribution in [-0.4, -0.2) is 45.5 Å². The summed E-state index contributed by atoms with van der Waals surface area (Å²) in [5.41, 5.74) is 0. The highest BCUT2D eigenvalue weighted by Crippen LogP contribution is 2.15. The van der Waals surface area contributed by atoms with Crippen molar-refractivity contribution in [3.8, 4) is 0 Å². The van der Waals surface area contributed by atoms with Gasteiger partial charge >= 0.3 is 12.0 Å². The van der Waals surface area contributed by atoms with Gasteiger partial charge in [0.25, 0.3) is 5.91 Å². The van der Waals surface area contributed by atoms with Gasteiger partial charge < -0.3 is 10.1 Å². The molecule has 1 aromatic rings. The molecule has 9 nitrogen and oxygen atoms in total. The number of carbonyl (C=O) groups is 3. The third-order valence-electron chi connectivity index (χ3n) is 2.76. The lowest BCUT2D eigenvalue weighted by atomic mass is 10.4. The van der Waals surface area contributed by atoms with E-state index in [1.807, 2.05) is 5.32 Å². The molecular weight excluding hydrogens is 418 g/mol. The fourth-order valence-corrected chi connectivity index (χ4v) is 3.15. The summed E-state index contributed by atoms with van der Waals surface area (Å²) < 4.78 is 31.5. The second-order valence-corrected chi connectivity index (χ2v) is 7.45. The van der Waals surface area contributed by atoms with Gasteiger partial charge in [0.1, 0.15) is 6.54 Å². The third-order valence-corrected chi connectivity index (χ3v) is 4.66. The number of ether oxygens (including phenoxy) is 1. The third kappa shape index (κ3) is 7.20. The van der Waals surface area contributed by atoms with Gasteiger partial charge in [-0.05, 0) is 32.0 Å². The van der Waals surface area contributed by atoms with E-state index in [0.29, 0.717) is 11.0 Å². The van der Waals surface area contributed by atoms with Gasteiger partial charge in [-0.3, -0.25) is 14.9 Å². The van der Waals surface area contributed by atoms with Crippen molar-refractivity contribution in [2.75, 3.05) is 13.1 Å². The average Bonchev–Trinajstić information content (AvgIpc) is 2.53. The Balaban J connectivity index is 2.54. The van der Waals surface area contributed by atoms with Crippen molar-refractivity contribution in [1.82, 2.24) is 15.4 Å². The first kappa shape index (κ1) is 21.1. The molecule has 0 saturated carbocycles. The lowest BCUT2D eigenvalue weighted by molar-refractivity contribution is -0.153. The number of halogens is 1. The summed E-state index contributed by atoms with van der Waals surface area (Å²) in [4.78, 5) is 34.5. The molecule has 0 aliphatic carbocycles. The summed E-state index contributed by atoms with van der Waals surface area (Å²) >= 11 is 3.15. The number of benzene rings is 1. The standard InChI is InChI=1S/C14H18BrN3O6S/c1-3-16-14(21)18-13(20)9(2)24-12(19)8-17-25(22,23)11-6-4-5-10(15)7-11/h4-7,9,17H,3,8H2,1-2H3,(H2,16,18,20,21). The summed E-state index contributed by atoms with van der Waals surface area (Å²) in [5, 5.41) is 4.33. The molecule has 25 heavy (non-hydrogen) atoms. The quantitative estimate of drug-likeness (QED) is 0.534. The van der Waals surface area contributed by atoms with E-state index in [9.17, 15) is 22.8 Å². The van der Waals surface area contributed by atoms with E-state index in [1.54, 1.807) is 13.0 Å². The highest BCUT2D eigenvalue weighted by atomic mass is 79.9. The number of rotatable bonds is 7. The number of hydrogen-bond acceptors (Lipinski definition) is 6. The van der Waals surface area contributed by atoms with Crippen LogP contribution in [0, 0.1) is 0 Å². The first-order valence-corrected chi connectivity index (χ1v) is 9.46. The fraction of sp³-hybridized carbons (Fsp3) is 0.357. The SMILES string of the molecule is CCNC(=O)NC(=O)C(C)OC(=O)CNS(=O)(=O)c1cccc(Br)c1. The summed E-state index contributed by atoms with van der Waals surface area (Å²) in [6.45, 7) is 2.60. The van der Waals surface area contributed by atoms with E-state index in [2.05, 4.69) is 26.0 Å². The van der Waals surface area contributed by atoms with Gasteiger partial charge in [-0.15, -0.1) is 0 Å². The Morgan fingerprint density at radius 3 is 2.56 bits per heavy atom. The van der Waals surface area contributed by atoms with E-state index in [4.69, 9.17) is 4.74 Å². The van der Waals surface area contributed by atoms with Gasteiger partial charge in [-0.25, -0.2) is 13.2 Å². The zero-order chi connectivity index (χ0) is 19.0. The molecule has 138 valence electrons. The molecule has 0 bridgehead atoms. The minimum atomic E-state index is -3.91. The highest BCUT2D eigenvalue weighted by molar-refractivity contribution is 9.10. The maximum Gasteiger partial charge on any atom is 0.321 e. The predicted molar refractivity (Wildman–Crippen MR) is 92.1 cm³/mol. The van der Waals surface area contributed by atoms with Crippen molar-refractivity contribution in [1.29, 1.82) is 0 Å². The van der Waals surface area contributed by atoms with Crippen LogP contribution < -0.4 is 15.4 Å². The second-order valence-electron chi connectivity index (χ2n) is 4.76. The Labute approximate surface area is 153 Å². The zero-order valence-corrected chi connectivity index (χ0v) is 15.9. The van der Waals surface area contributed by atoms with Crippen LogP contribution >= 0.6 is 15.9 Å². The Morgan fingerprint density at radius 2 is 1.96 bits per heavy atom. The number of amides is 3. The Morgan fingerprint density at radius 1 is 1.28 bits per heavy atom. The van der Waals surface area contributed by atoms with Crippen molar-refractivity contribution >= 4 is 43.9 Å². The molecule has 0 fully saturated rings. The second kappa shape index (κ2) is 9.49. The predicted octanol–water partition coefficient (Wildman–Crippen LogP) is 0.505. The minimum Gasteiger partial charge on any atom is -0.452 e. The molecule has 1 rings (SSSR count). The Bertz CT molecular complexity index is 753. The molecular formula is C14H18BrN3O6S. The van der Waals surface area contributed by atoms with Crippen LogP contribution in [0.4, 0.5) is 4.79 Å². The van der Waals surface area contributed by atoms with Crippen LogP contribution in [0.1, 0.15) is 13.8 Å². The molecule has 1 aromatic carbocycles. The maximum atomic E-state index is 12.1. The van der Waals surface area contributed by atoms with E-state index in [1.165, 1.54) is 25.1 Å². The molecule has 0 spiro atoms. The number of nitrogens with one attached hydrogen (secondary N) is 3. The van der Waals surface area contributed by atoms with Gasteiger partial charge in [0.2, 0.25) is 10.0 Å². The van der Waals surface area contributed by atoms with Crippen LogP contribution in [0.15, 0.2) is 33.6 Å². The molecule has 0 aliphatic heterocycles. The van der Waals surface area contributed by atoms with Gasteiger partial charge in [-0.1, -0.05) is 22.0 Å². The van der Waals surface area contributed by atoms with Crippen molar-refractivity contribution in [3.05, 3.63) is 28.7 Å². The van der Waals surface area contributed by atoms with E-state index < -0.39 is 40.6 Å². The molecule has 0 heterocycles. The smallest absolute Gasteiger partial charge is 0.321 e. The first-order chi connectivity index (χ1) is 11.7. The molecule has 1 atom stereocenters. The first-order valence-electron chi connectivity index (χ1n) is 7.19. The molecule has 11 heteroatoms. The maximum absolute atomic E-state index is 12.1. The monoisotopic (exact) mass is 435 g/mol. The highest BCUT2D eigenvalue weighted by Gasteiger charge is 2.21. The van der Waals surface area contributed by atoms with Crippen LogP contribution in [0.25, 0.3) is 0 Å². The molecule has 3 amide bonds. The van der Waals surface area contributed by atoms with Crippen LogP contribution in [0.5, 0.6) is 0 Å². The van der Waals surface area contributed by atoms with Gasteiger partial charge in [0.05, 0.1) is 4.90 Å². The summed E-state index contributed by atoms with van der Waals surface area (Å²) in [6.07, 6.45) is -1.26. The lowest BCUT2D eigenvalue weighted by Gasteiger charge is -2.13. The van der Waals surface area contributed by atoms with Crippen molar-refractivity contribution in [2.24, 2.45) is 0 Å². The molecule has 0 aromatic heterocycles. The van der Waals surface area contributed by atoms with Gasteiger partial charge in [0, 0.05) is 11.0 Å². The summed E-state index contributed by atoms with van der Waals surface area (Å²) in [5.74, 6) is -1.79. The molecule has 1 unspecified atom stereocenters. The van der Waals surface area contributed by atoms with E-state index >= 15 is 0 Å². The number of carbonyl (C=O) groups excluding carboxylic acids is 3. The lowest BCUT2D eigenvalue weighted by Crippen LogP contribution is -2.45. The van der Waals surface area contributed by atoms with Crippen LogP contribution in [-0.2, 0) is 24.3 Å². The Kier molecular flexibility index (Phi) is 8.00. The van der Waals surface area contributed by atoms with Crippen LogP contribution in [0.2, 0.25) is 0 Å². The molecule has 0 radical (unpaired) electrons. The summed E-state index contributed by atoms with van der Waals surface area (Å²) in [7, 11) is -3.91. The molecule has 0 saturated heterocycles. The number of esters is 1. The van der Waals surface area contributed by atoms with Crippen molar-refractivity contribution < 1.29 is 27.5 Å². The van der Waals surface area contributed by atoms with Crippen molar-refractivity contribution in [2.45, 2.75) is 24.8 Å². The van der Waals surface area contributed by atoms with Crippen molar-refractivity contribution in [3.63, 3.8) is 0 Å². The van der Waals surface area contributed by atoms with Gasteiger partial charge in [0.15, 0.2) is 6.10 Å². The average molecular weight is 436 g/mol. The number of sulfonamides is 1. The topological polar surface area (TPSA) is 131 Å². The zero-order valence-electron chi connectivity index (χ0n) is 13.5.